The fourth-order valence-electron chi connectivity index (χ4n) is 5.05. The first-order valence-electron chi connectivity index (χ1n) is 14.8. The molecule has 0 aromatic heterocycles. The topological polar surface area (TPSA) is 97.4 Å². The maximum absolute atomic E-state index is 12.5. The highest BCUT2D eigenvalue weighted by Crippen LogP contribution is 2.36. The Kier molecular flexibility index (Phi) is 13.5. The summed E-state index contributed by atoms with van der Waals surface area (Å²) in [5.41, 5.74) is 2.68. The molecular formula is C33H44O8. The van der Waals surface area contributed by atoms with Gasteiger partial charge in [0.25, 0.3) is 0 Å². The third-order valence-corrected chi connectivity index (χ3v) is 7.23. The minimum atomic E-state index is -0.250. The van der Waals surface area contributed by atoms with E-state index in [-0.39, 0.29) is 23.6 Å². The van der Waals surface area contributed by atoms with E-state index in [2.05, 4.69) is 11.7 Å². The normalized spacial score (nSPS) is 13.1. The van der Waals surface area contributed by atoms with Crippen molar-refractivity contribution in [2.45, 2.75) is 77.6 Å². The van der Waals surface area contributed by atoms with E-state index >= 15 is 0 Å². The van der Waals surface area contributed by atoms with Crippen LogP contribution in [0.3, 0.4) is 0 Å². The van der Waals surface area contributed by atoms with E-state index in [9.17, 15) is 14.4 Å². The van der Waals surface area contributed by atoms with Gasteiger partial charge in [-0.25, -0.2) is 0 Å². The van der Waals surface area contributed by atoms with Crippen LogP contribution in [-0.4, -0.2) is 51.8 Å². The molecule has 0 saturated heterocycles. The number of hydrogen-bond acceptors (Lipinski definition) is 8. The number of ether oxygens (including phenoxy) is 5. The van der Waals surface area contributed by atoms with Gasteiger partial charge in [-0.05, 0) is 61.9 Å². The van der Waals surface area contributed by atoms with Crippen molar-refractivity contribution in [3.05, 3.63) is 53.1 Å². The van der Waals surface area contributed by atoms with Crippen molar-refractivity contribution < 1.29 is 38.1 Å². The Balaban J connectivity index is 1.42. The highest BCUT2D eigenvalue weighted by molar-refractivity contribution is 6.00. The second-order valence-corrected chi connectivity index (χ2v) is 10.3. The van der Waals surface area contributed by atoms with E-state index in [0.29, 0.717) is 56.8 Å². The van der Waals surface area contributed by atoms with Crippen molar-refractivity contribution >= 4 is 17.7 Å². The van der Waals surface area contributed by atoms with Crippen LogP contribution in [-0.2, 0) is 31.9 Å². The molecule has 1 atom stereocenters. The van der Waals surface area contributed by atoms with Crippen LogP contribution in [0, 0.1) is 5.92 Å². The van der Waals surface area contributed by atoms with E-state index in [1.54, 1.807) is 0 Å². The Hall–Kier alpha value is -3.55. The molecule has 1 unspecified atom stereocenters. The van der Waals surface area contributed by atoms with Crippen LogP contribution in [0.5, 0.6) is 17.2 Å². The third kappa shape index (κ3) is 10.1. The molecule has 0 radical (unpaired) electrons. The van der Waals surface area contributed by atoms with Gasteiger partial charge in [0, 0.05) is 18.4 Å². The zero-order valence-corrected chi connectivity index (χ0v) is 24.7. The number of rotatable bonds is 18. The lowest BCUT2D eigenvalue weighted by atomic mass is 9.93. The molecule has 0 fully saturated rings. The summed E-state index contributed by atoms with van der Waals surface area (Å²) in [4.78, 5) is 36.0. The first kappa shape index (κ1) is 32.0. The minimum absolute atomic E-state index is 0.133. The van der Waals surface area contributed by atoms with Crippen molar-refractivity contribution in [1.29, 1.82) is 0 Å². The van der Waals surface area contributed by atoms with E-state index in [1.807, 2.05) is 36.4 Å². The van der Waals surface area contributed by atoms with Crippen molar-refractivity contribution in [2.75, 3.05) is 34.0 Å². The summed E-state index contributed by atoms with van der Waals surface area (Å²) in [5, 5.41) is 0. The smallest absolute Gasteiger partial charge is 0.308 e. The summed E-state index contributed by atoms with van der Waals surface area (Å²) in [6.45, 7) is 3.55. The SMILES string of the molecule is CCCc1c(OCCCCCCC(Cc2cccc(OCCCC(=O)OC)c2)C(=O)OC)ccc2c1OCCC2=O. The maximum atomic E-state index is 12.5. The predicted octanol–water partition coefficient (Wildman–Crippen LogP) is 6.30. The van der Waals surface area contributed by atoms with E-state index in [4.69, 9.17) is 18.9 Å². The molecule has 224 valence electrons. The fraction of sp³-hybridized carbons (Fsp3) is 0.545. The van der Waals surface area contributed by atoms with Crippen LogP contribution in [0.25, 0.3) is 0 Å². The van der Waals surface area contributed by atoms with Gasteiger partial charge in [0.2, 0.25) is 0 Å². The Morgan fingerprint density at radius 3 is 2.54 bits per heavy atom. The van der Waals surface area contributed by atoms with Gasteiger partial charge in [-0.2, -0.15) is 0 Å². The Bertz CT molecular complexity index is 1140. The lowest BCUT2D eigenvalue weighted by Gasteiger charge is -2.22. The Morgan fingerprint density at radius 2 is 1.76 bits per heavy atom. The van der Waals surface area contributed by atoms with Gasteiger partial charge in [-0.3, -0.25) is 14.4 Å². The summed E-state index contributed by atoms with van der Waals surface area (Å²) in [5.74, 6) is 1.69. The van der Waals surface area contributed by atoms with Crippen molar-refractivity contribution in [1.82, 2.24) is 0 Å². The molecule has 0 N–H and O–H groups in total. The zero-order valence-electron chi connectivity index (χ0n) is 24.7. The first-order chi connectivity index (χ1) is 20.0. The van der Waals surface area contributed by atoms with Crippen LogP contribution >= 0.6 is 0 Å². The zero-order chi connectivity index (χ0) is 29.5. The largest absolute Gasteiger partial charge is 0.494 e. The van der Waals surface area contributed by atoms with Crippen LogP contribution in [0.1, 0.15) is 86.2 Å². The molecule has 1 heterocycles. The van der Waals surface area contributed by atoms with E-state index in [0.717, 1.165) is 67.6 Å². The molecule has 0 saturated carbocycles. The van der Waals surface area contributed by atoms with Gasteiger partial charge in [-0.1, -0.05) is 44.7 Å². The number of esters is 2. The maximum Gasteiger partial charge on any atom is 0.308 e. The third-order valence-electron chi connectivity index (χ3n) is 7.23. The number of carbonyl (C=O) groups excluding carboxylic acids is 3. The summed E-state index contributed by atoms with van der Waals surface area (Å²) >= 11 is 0. The quantitative estimate of drug-likeness (QED) is 0.153. The van der Waals surface area contributed by atoms with Gasteiger partial charge in [0.05, 0.1) is 45.5 Å². The second-order valence-electron chi connectivity index (χ2n) is 10.3. The van der Waals surface area contributed by atoms with Crippen LogP contribution in [0.15, 0.2) is 36.4 Å². The summed E-state index contributed by atoms with van der Waals surface area (Å²) in [7, 11) is 2.81. The Morgan fingerprint density at radius 1 is 0.951 bits per heavy atom. The summed E-state index contributed by atoms with van der Waals surface area (Å²) < 4.78 is 27.5. The monoisotopic (exact) mass is 568 g/mol. The highest BCUT2D eigenvalue weighted by Gasteiger charge is 2.24. The molecule has 2 aromatic carbocycles. The molecule has 0 aliphatic carbocycles. The van der Waals surface area contributed by atoms with E-state index < -0.39 is 0 Å². The van der Waals surface area contributed by atoms with Gasteiger partial charge < -0.3 is 23.7 Å². The van der Waals surface area contributed by atoms with Crippen molar-refractivity contribution in [2.24, 2.45) is 5.92 Å². The van der Waals surface area contributed by atoms with Gasteiger partial charge in [-0.15, -0.1) is 0 Å². The van der Waals surface area contributed by atoms with Gasteiger partial charge in [0.15, 0.2) is 5.78 Å². The number of fused-ring (bicyclic) bond motifs is 1. The average molecular weight is 569 g/mol. The number of ketones is 1. The molecule has 0 spiro atoms. The second kappa shape index (κ2) is 17.3. The molecular weight excluding hydrogens is 524 g/mol. The summed E-state index contributed by atoms with van der Waals surface area (Å²) in [6, 6.07) is 11.4. The van der Waals surface area contributed by atoms with Gasteiger partial charge >= 0.3 is 11.9 Å². The number of Topliss-reactive ketones (excluding diaryl/α,β-unsaturated/α-hetero) is 1. The number of methoxy groups -OCH3 is 2. The molecule has 8 nitrogen and oxygen atoms in total. The molecule has 1 aliphatic rings. The van der Waals surface area contributed by atoms with Crippen molar-refractivity contribution in [3.63, 3.8) is 0 Å². The molecule has 3 rings (SSSR count). The van der Waals surface area contributed by atoms with Gasteiger partial charge in [0.1, 0.15) is 17.2 Å². The van der Waals surface area contributed by atoms with Crippen LogP contribution in [0.4, 0.5) is 0 Å². The molecule has 41 heavy (non-hydrogen) atoms. The number of unbranched alkanes of at least 4 members (excludes halogenated alkanes) is 3. The first-order valence-corrected chi connectivity index (χ1v) is 14.8. The summed E-state index contributed by atoms with van der Waals surface area (Å²) in [6.07, 6.45) is 8.21. The average Bonchev–Trinajstić information content (AvgIpc) is 2.99. The molecule has 0 amide bonds. The molecule has 0 bridgehead atoms. The molecule has 2 aromatic rings. The van der Waals surface area contributed by atoms with E-state index in [1.165, 1.54) is 14.2 Å². The van der Waals surface area contributed by atoms with Crippen LogP contribution < -0.4 is 14.2 Å². The highest BCUT2D eigenvalue weighted by atomic mass is 16.5. The fourth-order valence-corrected chi connectivity index (χ4v) is 5.05. The lowest BCUT2D eigenvalue weighted by Crippen LogP contribution is -2.19. The number of benzene rings is 2. The predicted molar refractivity (Wildman–Crippen MR) is 156 cm³/mol. The minimum Gasteiger partial charge on any atom is -0.494 e. The molecule has 8 heteroatoms. The van der Waals surface area contributed by atoms with Crippen molar-refractivity contribution in [3.8, 4) is 17.2 Å². The molecule has 1 aliphatic heterocycles. The number of hydrogen-bond donors (Lipinski definition) is 0. The lowest BCUT2D eigenvalue weighted by molar-refractivity contribution is -0.145. The number of carbonyl (C=O) groups is 3. The Labute approximate surface area is 243 Å². The standard InChI is InChI=1S/C33H44O8/c1-4-11-28-30(17-16-27-29(34)18-21-41-32(27)28)40-19-8-6-5-7-13-25(33(36)38-3)22-24-12-9-14-26(23-24)39-20-10-15-31(35)37-2/h9,12,14,16-17,23,25H,4-8,10-11,13,15,18-22H2,1-3H3. The van der Waals surface area contributed by atoms with Crippen LogP contribution in [0.2, 0.25) is 0 Å².